The molecule has 0 aliphatic heterocycles. The van der Waals surface area contributed by atoms with Crippen LogP contribution in [0.5, 0.6) is 5.75 Å². The first kappa shape index (κ1) is 11.1. The van der Waals surface area contributed by atoms with Crippen LogP contribution in [0.15, 0.2) is 18.2 Å². The van der Waals surface area contributed by atoms with Gasteiger partial charge in [-0.2, -0.15) is 0 Å². The summed E-state index contributed by atoms with van der Waals surface area (Å²) in [6.45, 7) is 0. The molecule has 0 fully saturated rings. The maximum atomic E-state index is 11.0. The van der Waals surface area contributed by atoms with Crippen LogP contribution in [0.2, 0.25) is 5.02 Å². The van der Waals surface area contributed by atoms with Gasteiger partial charge >= 0.3 is 0 Å². The molecule has 1 rings (SSSR count). The number of carbonyl (C=O) groups is 1. The van der Waals surface area contributed by atoms with Crippen molar-refractivity contribution in [3.63, 3.8) is 0 Å². The number of rotatable bonds is 3. The van der Waals surface area contributed by atoms with Crippen molar-refractivity contribution in [1.82, 2.24) is 0 Å². The summed E-state index contributed by atoms with van der Waals surface area (Å²) in [5, 5.41) is 3.07. The lowest BCUT2D eigenvalue weighted by Gasteiger charge is -2.06. The van der Waals surface area contributed by atoms with Crippen molar-refractivity contribution in [3.05, 3.63) is 23.2 Å². The molecule has 0 bridgehead atoms. The average Bonchev–Trinajstić information content (AvgIpc) is 2.16. The maximum Gasteiger partial charge on any atom is 0.239 e. The van der Waals surface area contributed by atoms with Crippen LogP contribution in [-0.4, -0.2) is 18.9 Å². The van der Waals surface area contributed by atoms with E-state index in [-0.39, 0.29) is 11.8 Å². The molecule has 0 unspecified atom stereocenters. The number of nitrogens with one attached hydrogen (secondary N) is 1. The molecule has 1 aromatic rings. The van der Waals surface area contributed by atoms with Crippen molar-refractivity contribution < 1.29 is 9.53 Å². The van der Waals surface area contributed by atoms with E-state index in [0.29, 0.717) is 16.5 Å². The largest absolute Gasteiger partial charge is 0.497 e. The average molecular weight is 234 g/mol. The number of hydrogen-bond donors (Lipinski definition) is 1. The molecule has 0 aromatic heterocycles. The third kappa shape index (κ3) is 3.09. The minimum absolute atomic E-state index is 0.0885. The van der Waals surface area contributed by atoms with Gasteiger partial charge in [0.2, 0.25) is 5.91 Å². The summed E-state index contributed by atoms with van der Waals surface area (Å²) >= 11 is 11.1. The number of carbonyl (C=O) groups excluding carboxylic acids is 1. The zero-order valence-electron chi connectivity index (χ0n) is 7.51. The summed E-state index contributed by atoms with van der Waals surface area (Å²) in [6.07, 6.45) is 0. The molecule has 5 heteroatoms. The fraction of sp³-hybridized carbons (Fsp3) is 0.222. The molecule has 1 aromatic carbocycles. The Morgan fingerprint density at radius 3 is 2.79 bits per heavy atom. The van der Waals surface area contributed by atoms with Gasteiger partial charge in [-0.25, -0.2) is 0 Å². The van der Waals surface area contributed by atoms with Crippen LogP contribution in [0.3, 0.4) is 0 Å². The van der Waals surface area contributed by atoms with Gasteiger partial charge in [-0.1, -0.05) is 11.6 Å². The van der Waals surface area contributed by atoms with Crippen molar-refractivity contribution in [2.45, 2.75) is 0 Å². The number of alkyl halides is 1. The van der Waals surface area contributed by atoms with E-state index in [2.05, 4.69) is 5.32 Å². The Hall–Kier alpha value is -0.930. The molecule has 14 heavy (non-hydrogen) atoms. The van der Waals surface area contributed by atoms with Gasteiger partial charge in [-0.15, -0.1) is 11.6 Å². The number of methoxy groups -OCH3 is 1. The Morgan fingerprint density at radius 2 is 2.21 bits per heavy atom. The normalized spacial score (nSPS) is 9.64. The number of hydrogen-bond acceptors (Lipinski definition) is 2. The number of anilines is 1. The second-order valence-electron chi connectivity index (χ2n) is 2.56. The third-order valence-electron chi connectivity index (χ3n) is 1.51. The predicted molar refractivity (Wildman–Crippen MR) is 57.4 cm³/mol. The number of benzene rings is 1. The van der Waals surface area contributed by atoms with Crippen LogP contribution < -0.4 is 10.1 Å². The second kappa shape index (κ2) is 5.08. The SMILES string of the molecule is COc1cc(Cl)cc(NC(=O)CCl)c1. The Morgan fingerprint density at radius 1 is 1.50 bits per heavy atom. The molecule has 0 atom stereocenters. The monoisotopic (exact) mass is 233 g/mol. The molecule has 1 N–H and O–H groups in total. The van der Waals surface area contributed by atoms with Gasteiger partial charge in [0.1, 0.15) is 11.6 Å². The number of halogens is 2. The molecular weight excluding hydrogens is 225 g/mol. The van der Waals surface area contributed by atoms with E-state index in [4.69, 9.17) is 27.9 Å². The zero-order valence-corrected chi connectivity index (χ0v) is 9.02. The molecule has 0 saturated heterocycles. The number of amides is 1. The molecule has 76 valence electrons. The quantitative estimate of drug-likeness (QED) is 0.816. The molecule has 0 aliphatic rings. The molecule has 0 saturated carbocycles. The van der Waals surface area contributed by atoms with Gasteiger partial charge in [-0.3, -0.25) is 4.79 Å². The van der Waals surface area contributed by atoms with Gasteiger partial charge < -0.3 is 10.1 Å². The third-order valence-corrected chi connectivity index (χ3v) is 1.97. The molecule has 0 spiro atoms. The van der Waals surface area contributed by atoms with Crippen molar-refractivity contribution in [2.75, 3.05) is 18.3 Å². The summed E-state index contributed by atoms with van der Waals surface area (Å²) in [5.41, 5.74) is 0.569. The fourth-order valence-electron chi connectivity index (χ4n) is 0.947. The Bertz CT molecular complexity index is 342. The summed E-state index contributed by atoms with van der Waals surface area (Å²) in [5.74, 6) is 0.216. The lowest BCUT2D eigenvalue weighted by molar-refractivity contribution is -0.113. The lowest BCUT2D eigenvalue weighted by atomic mass is 10.3. The van der Waals surface area contributed by atoms with Crippen molar-refractivity contribution >= 4 is 34.8 Å². The highest BCUT2D eigenvalue weighted by Gasteiger charge is 2.03. The van der Waals surface area contributed by atoms with E-state index in [1.807, 2.05) is 0 Å². The van der Waals surface area contributed by atoms with Crippen LogP contribution in [0.25, 0.3) is 0 Å². The van der Waals surface area contributed by atoms with E-state index in [1.165, 1.54) is 7.11 Å². The van der Waals surface area contributed by atoms with Crippen LogP contribution in [0.1, 0.15) is 0 Å². The molecule has 1 amide bonds. The van der Waals surface area contributed by atoms with E-state index in [1.54, 1.807) is 18.2 Å². The van der Waals surface area contributed by atoms with Crippen LogP contribution in [0, 0.1) is 0 Å². The Labute approximate surface area is 92.0 Å². The van der Waals surface area contributed by atoms with Crippen molar-refractivity contribution in [1.29, 1.82) is 0 Å². The van der Waals surface area contributed by atoms with E-state index in [9.17, 15) is 4.79 Å². The van der Waals surface area contributed by atoms with E-state index in [0.717, 1.165) is 0 Å². The predicted octanol–water partition coefficient (Wildman–Crippen LogP) is 2.53. The van der Waals surface area contributed by atoms with Gasteiger partial charge in [0.05, 0.1) is 7.11 Å². The zero-order chi connectivity index (χ0) is 10.6. The van der Waals surface area contributed by atoms with Crippen LogP contribution in [0.4, 0.5) is 5.69 Å². The first-order valence-corrected chi connectivity index (χ1v) is 4.77. The summed E-state index contributed by atoms with van der Waals surface area (Å²) < 4.78 is 4.98. The van der Waals surface area contributed by atoms with Crippen molar-refractivity contribution in [2.24, 2.45) is 0 Å². The van der Waals surface area contributed by atoms with Gasteiger partial charge in [0.15, 0.2) is 0 Å². The second-order valence-corrected chi connectivity index (χ2v) is 3.27. The topological polar surface area (TPSA) is 38.3 Å². The van der Waals surface area contributed by atoms with E-state index < -0.39 is 0 Å². The Kier molecular flexibility index (Phi) is 4.04. The highest BCUT2D eigenvalue weighted by Crippen LogP contribution is 2.23. The molecule has 0 heterocycles. The highest BCUT2D eigenvalue weighted by atomic mass is 35.5. The van der Waals surface area contributed by atoms with E-state index >= 15 is 0 Å². The fourth-order valence-corrected chi connectivity index (χ4v) is 1.24. The maximum absolute atomic E-state index is 11.0. The Balaban J connectivity index is 2.86. The molecule has 0 radical (unpaired) electrons. The number of ether oxygens (including phenoxy) is 1. The first-order valence-electron chi connectivity index (χ1n) is 3.86. The van der Waals surface area contributed by atoms with Gasteiger partial charge in [0.25, 0.3) is 0 Å². The van der Waals surface area contributed by atoms with Crippen LogP contribution in [-0.2, 0) is 4.79 Å². The first-order chi connectivity index (χ1) is 6.65. The minimum Gasteiger partial charge on any atom is -0.497 e. The summed E-state index contributed by atoms with van der Waals surface area (Å²) in [6, 6.07) is 4.93. The highest BCUT2D eigenvalue weighted by molar-refractivity contribution is 6.31. The van der Waals surface area contributed by atoms with Gasteiger partial charge in [-0.05, 0) is 12.1 Å². The smallest absolute Gasteiger partial charge is 0.239 e. The van der Waals surface area contributed by atoms with Gasteiger partial charge in [0, 0.05) is 16.8 Å². The lowest BCUT2D eigenvalue weighted by Crippen LogP contribution is -2.12. The minimum atomic E-state index is -0.281. The van der Waals surface area contributed by atoms with Crippen molar-refractivity contribution in [3.8, 4) is 5.75 Å². The summed E-state index contributed by atoms with van der Waals surface area (Å²) in [4.78, 5) is 11.0. The molecular formula is C9H9Cl2NO2. The molecule has 3 nitrogen and oxygen atoms in total. The standard InChI is InChI=1S/C9H9Cl2NO2/c1-14-8-3-6(11)2-7(4-8)12-9(13)5-10/h2-4H,5H2,1H3,(H,12,13). The molecule has 0 aliphatic carbocycles. The summed E-state index contributed by atoms with van der Waals surface area (Å²) in [7, 11) is 1.53. The van der Waals surface area contributed by atoms with Crippen LogP contribution >= 0.6 is 23.2 Å².